The van der Waals surface area contributed by atoms with E-state index in [1.807, 2.05) is 36.1 Å². The predicted octanol–water partition coefficient (Wildman–Crippen LogP) is 1.74. The molecule has 1 saturated heterocycles. The van der Waals surface area contributed by atoms with Gasteiger partial charge in [-0.1, -0.05) is 29.4 Å². The Morgan fingerprint density at radius 3 is 3.08 bits per heavy atom. The zero-order valence-corrected chi connectivity index (χ0v) is 13.4. The number of carbonyl (C=O) groups is 1. The number of nitrogens with zero attached hydrogens (tertiary/aromatic N) is 6. The van der Waals surface area contributed by atoms with Crippen molar-refractivity contribution in [3.05, 3.63) is 36.0 Å². The highest BCUT2D eigenvalue weighted by Crippen LogP contribution is 2.30. The molecule has 1 unspecified atom stereocenters. The molecule has 1 aliphatic heterocycles. The van der Waals surface area contributed by atoms with Gasteiger partial charge in [-0.2, -0.15) is 4.98 Å². The van der Waals surface area contributed by atoms with Crippen LogP contribution in [-0.4, -0.2) is 42.5 Å². The number of aryl methyl sites for hydroxylation is 1. The monoisotopic (exact) mass is 326 g/mol. The van der Waals surface area contributed by atoms with Gasteiger partial charge in [0.1, 0.15) is 12.1 Å². The highest BCUT2D eigenvalue weighted by molar-refractivity contribution is 5.80. The van der Waals surface area contributed by atoms with Gasteiger partial charge >= 0.3 is 0 Å². The van der Waals surface area contributed by atoms with Gasteiger partial charge in [0.05, 0.1) is 11.6 Å². The number of benzene rings is 1. The number of amides is 1. The molecule has 0 N–H and O–H groups in total. The normalized spacial score (nSPS) is 17.7. The molecule has 0 radical (unpaired) electrons. The standard InChI is InChI=1S/C16H18N6O2/c1-2-14-17-16(19-24-14)13-8-5-9-21(13)15(23)10-22-12-7-4-3-6-11(12)18-20-22/h3-4,6-7,13H,2,5,8-10H2,1H3. The summed E-state index contributed by atoms with van der Waals surface area (Å²) in [4.78, 5) is 19.0. The maximum atomic E-state index is 12.8. The molecule has 1 atom stereocenters. The molecule has 1 aromatic carbocycles. The molecule has 124 valence electrons. The van der Waals surface area contributed by atoms with Crippen LogP contribution in [0.25, 0.3) is 11.0 Å². The largest absolute Gasteiger partial charge is 0.339 e. The van der Waals surface area contributed by atoms with Crippen LogP contribution in [0.3, 0.4) is 0 Å². The number of aromatic nitrogens is 5. The van der Waals surface area contributed by atoms with Crippen molar-refractivity contribution in [3.63, 3.8) is 0 Å². The highest BCUT2D eigenvalue weighted by atomic mass is 16.5. The lowest BCUT2D eigenvalue weighted by Gasteiger charge is -2.22. The number of carbonyl (C=O) groups excluding carboxylic acids is 1. The fourth-order valence-corrected chi connectivity index (χ4v) is 3.13. The molecule has 1 amide bonds. The van der Waals surface area contributed by atoms with E-state index in [1.54, 1.807) is 4.68 Å². The summed E-state index contributed by atoms with van der Waals surface area (Å²) in [6.45, 7) is 2.83. The van der Waals surface area contributed by atoms with Crippen molar-refractivity contribution in [1.82, 2.24) is 30.0 Å². The summed E-state index contributed by atoms with van der Waals surface area (Å²) >= 11 is 0. The summed E-state index contributed by atoms with van der Waals surface area (Å²) in [5, 5.41) is 12.2. The lowest BCUT2D eigenvalue weighted by atomic mass is 10.2. The Hall–Kier alpha value is -2.77. The van der Waals surface area contributed by atoms with Crippen molar-refractivity contribution in [2.75, 3.05) is 6.54 Å². The van der Waals surface area contributed by atoms with Crippen LogP contribution in [0, 0.1) is 0 Å². The van der Waals surface area contributed by atoms with E-state index in [0.29, 0.717) is 24.7 Å². The van der Waals surface area contributed by atoms with Gasteiger partial charge in [-0.05, 0) is 25.0 Å². The van der Waals surface area contributed by atoms with Crippen LogP contribution in [0.15, 0.2) is 28.8 Å². The van der Waals surface area contributed by atoms with Crippen molar-refractivity contribution >= 4 is 16.9 Å². The van der Waals surface area contributed by atoms with Crippen LogP contribution in [0.2, 0.25) is 0 Å². The Morgan fingerprint density at radius 1 is 1.38 bits per heavy atom. The van der Waals surface area contributed by atoms with Crippen molar-refractivity contribution in [2.45, 2.75) is 38.8 Å². The second kappa shape index (κ2) is 6.03. The molecule has 0 bridgehead atoms. The fraction of sp³-hybridized carbons (Fsp3) is 0.438. The summed E-state index contributed by atoms with van der Waals surface area (Å²) in [5.74, 6) is 1.20. The highest BCUT2D eigenvalue weighted by Gasteiger charge is 2.33. The van der Waals surface area contributed by atoms with E-state index < -0.39 is 0 Å². The van der Waals surface area contributed by atoms with E-state index >= 15 is 0 Å². The summed E-state index contributed by atoms with van der Waals surface area (Å²) < 4.78 is 6.83. The molecular formula is C16H18N6O2. The van der Waals surface area contributed by atoms with Gasteiger partial charge in [0.15, 0.2) is 5.82 Å². The predicted molar refractivity (Wildman–Crippen MR) is 84.9 cm³/mol. The molecule has 8 nitrogen and oxygen atoms in total. The lowest BCUT2D eigenvalue weighted by molar-refractivity contribution is -0.133. The number of para-hydroxylation sites is 1. The molecule has 8 heteroatoms. The first-order valence-corrected chi connectivity index (χ1v) is 8.16. The molecule has 2 aromatic heterocycles. The topological polar surface area (TPSA) is 89.9 Å². The van der Waals surface area contributed by atoms with Crippen LogP contribution in [0.4, 0.5) is 0 Å². The Morgan fingerprint density at radius 2 is 2.25 bits per heavy atom. The van der Waals surface area contributed by atoms with Crippen molar-refractivity contribution in [3.8, 4) is 0 Å². The molecule has 24 heavy (non-hydrogen) atoms. The Labute approximate surface area is 138 Å². The maximum absolute atomic E-state index is 12.8. The van der Waals surface area contributed by atoms with Crippen molar-refractivity contribution in [1.29, 1.82) is 0 Å². The van der Waals surface area contributed by atoms with Crippen LogP contribution in [0.1, 0.15) is 37.5 Å². The van der Waals surface area contributed by atoms with Crippen LogP contribution in [0.5, 0.6) is 0 Å². The van der Waals surface area contributed by atoms with E-state index in [1.165, 1.54) is 0 Å². The van der Waals surface area contributed by atoms with E-state index in [-0.39, 0.29) is 18.5 Å². The number of fused-ring (bicyclic) bond motifs is 1. The van der Waals surface area contributed by atoms with Gasteiger partial charge in [0.2, 0.25) is 11.8 Å². The Kier molecular flexibility index (Phi) is 3.72. The fourth-order valence-electron chi connectivity index (χ4n) is 3.13. The molecule has 0 spiro atoms. The average Bonchev–Trinajstić information content (AvgIpc) is 3.34. The minimum Gasteiger partial charge on any atom is -0.339 e. The zero-order valence-electron chi connectivity index (χ0n) is 13.4. The van der Waals surface area contributed by atoms with Gasteiger partial charge in [0, 0.05) is 13.0 Å². The smallest absolute Gasteiger partial charge is 0.245 e. The number of rotatable bonds is 4. The van der Waals surface area contributed by atoms with Gasteiger partial charge in [-0.3, -0.25) is 4.79 Å². The van der Waals surface area contributed by atoms with E-state index in [4.69, 9.17) is 4.52 Å². The van der Waals surface area contributed by atoms with E-state index in [9.17, 15) is 4.79 Å². The molecule has 3 aromatic rings. The third-order valence-corrected chi connectivity index (χ3v) is 4.36. The molecule has 3 heterocycles. The second-order valence-electron chi connectivity index (χ2n) is 5.88. The first kappa shape index (κ1) is 14.8. The number of hydrogen-bond acceptors (Lipinski definition) is 6. The molecule has 1 fully saturated rings. The summed E-state index contributed by atoms with van der Waals surface area (Å²) in [6.07, 6.45) is 2.48. The molecule has 1 aliphatic rings. The number of hydrogen-bond donors (Lipinski definition) is 0. The second-order valence-corrected chi connectivity index (χ2v) is 5.88. The van der Waals surface area contributed by atoms with Crippen molar-refractivity contribution < 1.29 is 9.32 Å². The third kappa shape index (κ3) is 2.53. The van der Waals surface area contributed by atoms with E-state index in [2.05, 4.69) is 20.5 Å². The van der Waals surface area contributed by atoms with Crippen molar-refractivity contribution in [2.24, 2.45) is 0 Å². The van der Waals surface area contributed by atoms with Crippen LogP contribution in [-0.2, 0) is 17.8 Å². The van der Waals surface area contributed by atoms with Crippen LogP contribution >= 0.6 is 0 Å². The summed E-state index contributed by atoms with van der Waals surface area (Å²) in [6, 6.07) is 7.50. The quantitative estimate of drug-likeness (QED) is 0.725. The Bertz CT molecular complexity index is 870. The van der Waals surface area contributed by atoms with Crippen LogP contribution < -0.4 is 0 Å². The number of likely N-dealkylation sites (tertiary alicyclic amines) is 1. The minimum atomic E-state index is -0.115. The molecule has 0 aliphatic carbocycles. The summed E-state index contributed by atoms with van der Waals surface area (Å²) in [7, 11) is 0. The first-order chi connectivity index (χ1) is 11.8. The molecular weight excluding hydrogens is 308 g/mol. The Balaban J connectivity index is 1.54. The van der Waals surface area contributed by atoms with Gasteiger partial charge in [0.25, 0.3) is 0 Å². The molecule has 0 saturated carbocycles. The third-order valence-electron chi connectivity index (χ3n) is 4.36. The lowest BCUT2D eigenvalue weighted by Crippen LogP contribution is -2.34. The van der Waals surface area contributed by atoms with Gasteiger partial charge in [-0.25, -0.2) is 4.68 Å². The summed E-state index contributed by atoms with van der Waals surface area (Å²) in [5.41, 5.74) is 1.64. The molecule has 4 rings (SSSR count). The maximum Gasteiger partial charge on any atom is 0.245 e. The van der Waals surface area contributed by atoms with Gasteiger partial charge in [-0.15, -0.1) is 5.10 Å². The first-order valence-electron chi connectivity index (χ1n) is 8.16. The van der Waals surface area contributed by atoms with Gasteiger partial charge < -0.3 is 9.42 Å². The SMILES string of the molecule is CCc1nc(C2CCCN2C(=O)Cn2nnc3ccccc32)no1. The average molecular weight is 326 g/mol. The minimum absolute atomic E-state index is 0.00370. The zero-order chi connectivity index (χ0) is 16.5. The van der Waals surface area contributed by atoms with E-state index in [0.717, 1.165) is 23.9 Å².